The van der Waals surface area contributed by atoms with Gasteiger partial charge in [0.25, 0.3) is 0 Å². The van der Waals surface area contributed by atoms with E-state index in [9.17, 15) is 9.59 Å². The average molecular weight is 216 g/mol. The average Bonchev–Trinajstić information content (AvgIpc) is 2.26. The molecule has 1 atom stereocenters. The topological polar surface area (TPSA) is 67.4 Å². The number of rotatable bonds is 7. The molecule has 0 aliphatic rings. The third kappa shape index (κ3) is 6.06. The minimum Gasteiger partial charge on any atom is -0.468 e. The van der Waals surface area contributed by atoms with Crippen molar-refractivity contribution in [2.75, 3.05) is 20.2 Å². The molecule has 1 amide bonds. The Morgan fingerprint density at radius 1 is 1.33 bits per heavy atom. The maximum absolute atomic E-state index is 11.2. The standard InChI is InChI=1S/C10H20N2O3/c1-4-6-11-9(13)7-12-8(5-2)10(14)15-3/h8,12H,4-7H2,1-3H3,(H,11,13). The minimum atomic E-state index is -0.401. The molecular formula is C10H20N2O3. The van der Waals surface area contributed by atoms with Crippen LogP contribution in [0.15, 0.2) is 0 Å². The molecule has 0 aromatic heterocycles. The molecule has 0 aliphatic carbocycles. The first kappa shape index (κ1) is 13.9. The number of carbonyl (C=O) groups excluding carboxylic acids is 2. The van der Waals surface area contributed by atoms with Crippen LogP contribution in [0.4, 0.5) is 0 Å². The fourth-order valence-corrected chi connectivity index (χ4v) is 1.08. The second-order valence-corrected chi connectivity index (χ2v) is 3.21. The fraction of sp³-hybridized carbons (Fsp3) is 0.800. The zero-order valence-electron chi connectivity index (χ0n) is 9.63. The summed E-state index contributed by atoms with van der Waals surface area (Å²) in [5, 5.41) is 5.56. The molecule has 0 radical (unpaired) electrons. The van der Waals surface area contributed by atoms with Crippen LogP contribution in [0.2, 0.25) is 0 Å². The van der Waals surface area contributed by atoms with E-state index in [1.807, 2.05) is 13.8 Å². The van der Waals surface area contributed by atoms with Crippen molar-refractivity contribution in [2.24, 2.45) is 0 Å². The summed E-state index contributed by atoms with van der Waals surface area (Å²) in [6.45, 7) is 4.65. The van der Waals surface area contributed by atoms with Crippen LogP contribution in [0.1, 0.15) is 26.7 Å². The summed E-state index contributed by atoms with van der Waals surface area (Å²) in [6, 6.07) is -0.401. The molecule has 5 nitrogen and oxygen atoms in total. The molecule has 0 saturated heterocycles. The van der Waals surface area contributed by atoms with Gasteiger partial charge in [-0.1, -0.05) is 13.8 Å². The molecule has 0 bridgehead atoms. The maximum atomic E-state index is 11.2. The summed E-state index contributed by atoms with van der Waals surface area (Å²) in [5.41, 5.74) is 0. The number of hydrogen-bond acceptors (Lipinski definition) is 4. The van der Waals surface area contributed by atoms with E-state index >= 15 is 0 Å². The Balaban J connectivity index is 3.80. The molecule has 0 rings (SSSR count). The predicted octanol–water partition coefficient (Wildman–Crippen LogP) is 0.0538. The van der Waals surface area contributed by atoms with Crippen LogP contribution in [0.5, 0.6) is 0 Å². The third-order valence-electron chi connectivity index (χ3n) is 1.98. The van der Waals surface area contributed by atoms with E-state index in [4.69, 9.17) is 0 Å². The van der Waals surface area contributed by atoms with E-state index < -0.39 is 6.04 Å². The zero-order valence-corrected chi connectivity index (χ0v) is 9.63. The molecule has 0 heterocycles. The summed E-state index contributed by atoms with van der Waals surface area (Å²) in [6.07, 6.45) is 1.51. The number of amides is 1. The highest BCUT2D eigenvalue weighted by molar-refractivity contribution is 5.80. The highest BCUT2D eigenvalue weighted by atomic mass is 16.5. The second-order valence-electron chi connectivity index (χ2n) is 3.21. The lowest BCUT2D eigenvalue weighted by Gasteiger charge is -2.13. The van der Waals surface area contributed by atoms with Crippen LogP contribution in [0, 0.1) is 0 Å². The maximum Gasteiger partial charge on any atom is 0.322 e. The quantitative estimate of drug-likeness (QED) is 0.590. The van der Waals surface area contributed by atoms with Crippen molar-refractivity contribution in [3.05, 3.63) is 0 Å². The number of esters is 1. The summed E-state index contributed by atoms with van der Waals surface area (Å²) < 4.78 is 4.58. The lowest BCUT2D eigenvalue weighted by molar-refractivity contribution is -0.143. The second kappa shape index (κ2) is 8.23. The highest BCUT2D eigenvalue weighted by Crippen LogP contribution is 1.92. The van der Waals surface area contributed by atoms with Gasteiger partial charge in [0.1, 0.15) is 6.04 Å². The van der Waals surface area contributed by atoms with Crippen LogP contribution in [-0.4, -0.2) is 38.1 Å². The number of carbonyl (C=O) groups is 2. The van der Waals surface area contributed by atoms with Crippen molar-refractivity contribution >= 4 is 11.9 Å². The molecular weight excluding hydrogens is 196 g/mol. The number of hydrogen-bond donors (Lipinski definition) is 2. The number of ether oxygens (including phenoxy) is 1. The van der Waals surface area contributed by atoms with Gasteiger partial charge in [0.2, 0.25) is 5.91 Å². The lowest BCUT2D eigenvalue weighted by Crippen LogP contribution is -2.43. The van der Waals surface area contributed by atoms with Crippen molar-refractivity contribution < 1.29 is 14.3 Å². The molecule has 0 saturated carbocycles. The molecule has 0 fully saturated rings. The van der Waals surface area contributed by atoms with Crippen molar-refractivity contribution in [3.63, 3.8) is 0 Å². The Bertz CT molecular complexity index is 207. The molecule has 1 unspecified atom stereocenters. The molecule has 15 heavy (non-hydrogen) atoms. The van der Waals surface area contributed by atoms with Crippen LogP contribution in [0.3, 0.4) is 0 Å². The van der Waals surface area contributed by atoms with Crippen LogP contribution >= 0.6 is 0 Å². The molecule has 2 N–H and O–H groups in total. The Labute approximate surface area is 90.6 Å². The molecule has 5 heteroatoms. The van der Waals surface area contributed by atoms with Crippen LogP contribution in [0.25, 0.3) is 0 Å². The third-order valence-corrected chi connectivity index (χ3v) is 1.98. The van der Waals surface area contributed by atoms with Crippen LogP contribution < -0.4 is 10.6 Å². The number of nitrogens with one attached hydrogen (secondary N) is 2. The van der Waals surface area contributed by atoms with Crippen molar-refractivity contribution in [1.82, 2.24) is 10.6 Å². The fourth-order valence-electron chi connectivity index (χ4n) is 1.08. The Morgan fingerprint density at radius 2 is 2.00 bits per heavy atom. The Kier molecular flexibility index (Phi) is 7.62. The first-order valence-electron chi connectivity index (χ1n) is 5.23. The van der Waals surface area contributed by atoms with Crippen molar-refractivity contribution in [3.8, 4) is 0 Å². The van der Waals surface area contributed by atoms with E-state index in [2.05, 4.69) is 15.4 Å². The first-order valence-corrected chi connectivity index (χ1v) is 5.23. The molecule has 0 aromatic rings. The minimum absolute atomic E-state index is 0.0980. The van der Waals surface area contributed by atoms with E-state index in [0.717, 1.165) is 6.42 Å². The predicted molar refractivity (Wildman–Crippen MR) is 57.4 cm³/mol. The first-order chi connectivity index (χ1) is 7.15. The molecule has 0 spiro atoms. The molecule has 0 aromatic carbocycles. The van der Waals surface area contributed by atoms with E-state index in [0.29, 0.717) is 13.0 Å². The van der Waals surface area contributed by atoms with Gasteiger partial charge in [0, 0.05) is 6.54 Å². The van der Waals surface area contributed by atoms with Gasteiger partial charge in [-0.3, -0.25) is 14.9 Å². The molecule has 0 aliphatic heterocycles. The van der Waals surface area contributed by atoms with Gasteiger partial charge in [-0.25, -0.2) is 0 Å². The Morgan fingerprint density at radius 3 is 2.47 bits per heavy atom. The largest absolute Gasteiger partial charge is 0.468 e. The van der Waals surface area contributed by atoms with Gasteiger partial charge in [-0.05, 0) is 12.8 Å². The Hall–Kier alpha value is -1.10. The van der Waals surface area contributed by atoms with Gasteiger partial charge in [0.15, 0.2) is 0 Å². The van der Waals surface area contributed by atoms with Gasteiger partial charge >= 0.3 is 5.97 Å². The van der Waals surface area contributed by atoms with E-state index in [1.54, 1.807) is 0 Å². The van der Waals surface area contributed by atoms with E-state index in [-0.39, 0.29) is 18.4 Å². The van der Waals surface area contributed by atoms with Gasteiger partial charge in [0.05, 0.1) is 13.7 Å². The smallest absolute Gasteiger partial charge is 0.322 e. The van der Waals surface area contributed by atoms with Gasteiger partial charge in [-0.15, -0.1) is 0 Å². The highest BCUT2D eigenvalue weighted by Gasteiger charge is 2.16. The normalized spacial score (nSPS) is 11.9. The summed E-state index contributed by atoms with van der Waals surface area (Å²) in [5.74, 6) is -0.431. The lowest BCUT2D eigenvalue weighted by atomic mass is 10.2. The van der Waals surface area contributed by atoms with Crippen molar-refractivity contribution in [2.45, 2.75) is 32.7 Å². The monoisotopic (exact) mass is 216 g/mol. The van der Waals surface area contributed by atoms with Crippen molar-refractivity contribution in [1.29, 1.82) is 0 Å². The van der Waals surface area contributed by atoms with E-state index in [1.165, 1.54) is 7.11 Å². The van der Waals surface area contributed by atoms with Gasteiger partial charge in [-0.2, -0.15) is 0 Å². The SMILES string of the molecule is CCCNC(=O)CNC(CC)C(=O)OC. The summed E-state index contributed by atoms with van der Waals surface area (Å²) in [7, 11) is 1.34. The summed E-state index contributed by atoms with van der Waals surface area (Å²) in [4.78, 5) is 22.4. The van der Waals surface area contributed by atoms with Gasteiger partial charge < -0.3 is 10.1 Å². The zero-order chi connectivity index (χ0) is 11.7. The van der Waals surface area contributed by atoms with Crippen LogP contribution in [-0.2, 0) is 14.3 Å². The molecule has 88 valence electrons. The summed E-state index contributed by atoms with van der Waals surface area (Å²) >= 11 is 0. The number of methoxy groups -OCH3 is 1.